The van der Waals surface area contributed by atoms with E-state index in [1.54, 1.807) is 11.3 Å². The van der Waals surface area contributed by atoms with Crippen LogP contribution in [0.1, 0.15) is 10.7 Å². The van der Waals surface area contributed by atoms with Gasteiger partial charge in [-0.3, -0.25) is 9.69 Å². The number of aromatic nitrogens is 1. The van der Waals surface area contributed by atoms with E-state index in [2.05, 4.69) is 15.3 Å². The third-order valence-corrected chi connectivity index (χ3v) is 4.78. The smallest absolute Gasteiger partial charge is 0.260 e. The molecule has 0 aliphatic carbocycles. The summed E-state index contributed by atoms with van der Waals surface area (Å²) in [5.41, 5.74) is 1.09. The van der Waals surface area contributed by atoms with E-state index in [4.69, 9.17) is 4.74 Å². The molecule has 7 heteroatoms. The number of aryl methyl sites for hydroxylation is 1. The highest BCUT2D eigenvalue weighted by Crippen LogP contribution is 2.13. The third kappa shape index (κ3) is 4.52. The van der Waals surface area contributed by atoms with Gasteiger partial charge in [-0.05, 0) is 31.2 Å². The Morgan fingerprint density at radius 3 is 2.58 bits per heavy atom. The zero-order chi connectivity index (χ0) is 16.9. The number of nitrogens with zero attached hydrogens (tertiary/aromatic N) is 3. The van der Waals surface area contributed by atoms with Gasteiger partial charge in [0, 0.05) is 38.1 Å². The topological polar surface area (TPSA) is 45.7 Å². The van der Waals surface area contributed by atoms with Gasteiger partial charge in [0.1, 0.15) is 11.6 Å². The first-order valence-electron chi connectivity index (χ1n) is 7.89. The summed E-state index contributed by atoms with van der Waals surface area (Å²) < 4.78 is 18.3. The van der Waals surface area contributed by atoms with Crippen LogP contribution in [0.15, 0.2) is 29.6 Å². The lowest BCUT2D eigenvalue weighted by atomic mass is 10.3. The lowest BCUT2D eigenvalue weighted by Gasteiger charge is -2.34. The molecule has 5 nitrogen and oxygen atoms in total. The number of amides is 1. The molecule has 0 radical (unpaired) electrons. The van der Waals surface area contributed by atoms with Crippen LogP contribution in [0, 0.1) is 12.7 Å². The van der Waals surface area contributed by atoms with Gasteiger partial charge in [0.25, 0.3) is 5.91 Å². The second kappa shape index (κ2) is 7.72. The Morgan fingerprint density at radius 1 is 1.25 bits per heavy atom. The third-order valence-electron chi connectivity index (χ3n) is 3.95. The van der Waals surface area contributed by atoms with Gasteiger partial charge in [-0.2, -0.15) is 0 Å². The maximum Gasteiger partial charge on any atom is 0.260 e. The number of ether oxygens (including phenoxy) is 1. The second-order valence-electron chi connectivity index (χ2n) is 5.76. The molecule has 2 aromatic rings. The van der Waals surface area contributed by atoms with E-state index in [-0.39, 0.29) is 18.3 Å². The molecule has 1 aromatic carbocycles. The van der Waals surface area contributed by atoms with Crippen molar-refractivity contribution < 1.29 is 13.9 Å². The molecule has 0 unspecified atom stereocenters. The predicted octanol–water partition coefficient (Wildman–Crippen LogP) is 2.31. The number of carbonyl (C=O) groups is 1. The minimum Gasteiger partial charge on any atom is -0.484 e. The van der Waals surface area contributed by atoms with Crippen LogP contribution in [0.3, 0.4) is 0 Å². The Labute approximate surface area is 144 Å². The van der Waals surface area contributed by atoms with E-state index < -0.39 is 0 Å². The van der Waals surface area contributed by atoms with Crippen molar-refractivity contribution >= 4 is 17.2 Å². The number of benzene rings is 1. The van der Waals surface area contributed by atoms with Gasteiger partial charge in [-0.1, -0.05) is 0 Å². The Hall–Kier alpha value is -1.99. The fraction of sp³-hybridized carbons (Fsp3) is 0.412. The van der Waals surface area contributed by atoms with Crippen LogP contribution in [0.25, 0.3) is 0 Å². The van der Waals surface area contributed by atoms with Crippen LogP contribution in [0.4, 0.5) is 4.39 Å². The van der Waals surface area contributed by atoms with Gasteiger partial charge in [-0.25, -0.2) is 9.37 Å². The fourth-order valence-corrected chi connectivity index (χ4v) is 3.24. The van der Waals surface area contributed by atoms with E-state index >= 15 is 0 Å². The molecule has 1 aliphatic rings. The number of hydrogen-bond acceptors (Lipinski definition) is 5. The van der Waals surface area contributed by atoms with Gasteiger partial charge in [0.05, 0.1) is 10.7 Å². The Morgan fingerprint density at radius 2 is 1.96 bits per heavy atom. The van der Waals surface area contributed by atoms with Crippen molar-refractivity contribution in [1.29, 1.82) is 0 Å². The van der Waals surface area contributed by atoms with Gasteiger partial charge in [0.2, 0.25) is 0 Å². The summed E-state index contributed by atoms with van der Waals surface area (Å²) in [5, 5.41) is 3.17. The molecule has 24 heavy (non-hydrogen) atoms. The summed E-state index contributed by atoms with van der Waals surface area (Å²) in [5.74, 6) is 0.144. The van der Waals surface area contributed by atoms with Crippen LogP contribution in [0.5, 0.6) is 5.75 Å². The summed E-state index contributed by atoms with van der Waals surface area (Å²) in [6.07, 6.45) is 0. The first-order valence-corrected chi connectivity index (χ1v) is 8.77. The molecular formula is C17H20FN3O2S. The molecule has 3 rings (SSSR count). The minimum atomic E-state index is -0.319. The maximum atomic E-state index is 12.8. The number of hydrogen-bond donors (Lipinski definition) is 0. The van der Waals surface area contributed by atoms with Crippen LogP contribution in [-0.4, -0.2) is 53.5 Å². The maximum absolute atomic E-state index is 12.8. The number of carbonyl (C=O) groups excluding carboxylic acids is 1. The normalized spacial score (nSPS) is 15.5. The largest absolute Gasteiger partial charge is 0.484 e. The Kier molecular flexibility index (Phi) is 5.42. The molecule has 1 fully saturated rings. The quantitative estimate of drug-likeness (QED) is 0.831. The molecule has 2 heterocycles. The molecule has 1 aromatic heterocycles. The number of rotatable bonds is 5. The Balaban J connectivity index is 1.42. The summed E-state index contributed by atoms with van der Waals surface area (Å²) in [6, 6.07) is 5.68. The van der Waals surface area contributed by atoms with Crippen molar-refractivity contribution in [3.8, 4) is 5.75 Å². The van der Waals surface area contributed by atoms with Crippen molar-refractivity contribution in [3.05, 3.63) is 46.2 Å². The van der Waals surface area contributed by atoms with Crippen molar-refractivity contribution in [3.63, 3.8) is 0 Å². The average molecular weight is 349 g/mol. The molecule has 0 N–H and O–H groups in total. The van der Waals surface area contributed by atoms with E-state index in [9.17, 15) is 9.18 Å². The van der Waals surface area contributed by atoms with Crippen LogP contribution >= 0.6 is 11.3 Å². The molecular weight excluding hydrogens is 329 g/mol. The predicted molar refractivity (Wildman–Crippen MR) is 90.6 cm³/mol. The van der Waals surface area contributed by atoms with Crippen molar-refractivity contribution in [2.75, 3.05) is 32.8 Å². The zero-order valence-electron chi connectivity index (χ0n) is 13.6. The van der Waals surface area contributed by atoms with E-state index in [1.165, 1.54) is 24.3 Å². The molecule has 0 saturated carbocycles. The van der Waals surface area contributed by atoms with Gasteiger partial charge in [-0.15, -0.1) is 11.3 Å². The van der Waals surface area contributed by atoms with Gasteiger partial charge in [0.15, 0.2) is 6.61 Å². The summed E-state index contributed by atoms with van der Waals surface area (Å²) >= 11 is 1.66. The minimum absolute atomic E-state index is 0.0170. The van der Waals surface area contributed by atoms with Crippen LogP contribution in [-0.2, 0) is 11.3 Å². The van der Waals surface area contributed by atoms with Crippen molar-refractivity contribution in [1.82, 2.24) is 14.8 Å². The highest BCUT2D eigenvalue weighted by Gasteiger charge is 2.21. The van der Waals surface area contributed by atoms with Crippen LogP contribution in [0.2, 0.25) is 0 Å². The lowest BCUT2D eigenvalue weighted by Crippen LogP contribution is -2.49. The van der Waals surface area contributed by atoms with E-state index in [1.807, 2.05) is 11.8 Å². The summed E-state index contributed by atoms with van der Waals surface area (Å²) in [6.45, 7) is 5.86. The molecule has 0 spiro atoms. The molecule has 0 atom stereocenters. The lowest BCUT2D eigenvalue weighted by molar-refractivity contribution is -0.135. The second-order valence-corrected chi connectivity index (χ2v) is 6.82. The molecule has 0 bridgehead atoms. The number of thiazole rings is 1. The first-order chi connectivity index (χ1) is 11.6. The summed E-state index contributed by atoms with van der Waals surface area (Å²) in [4.78, 5) is 20.8. The number of piperazine rings is 1. The highest BCUT2D eigenvalue weighted by molar-refractivity contribution is 7.09. The highest BCUT2D eigenvalue weighted by atomic mass is 32.1. The standard InChI is InChI=1S/C17H20FN3O2S/c1-13-19-15(12-24-13)10-20-6-8-21(9-7-20)17(22)11-23-16-4-2-14(18)3-5-16/h2-5,12H,6-11H2,1H3. The first kappa shape index (κ1) is 16.9. The van der Waals surface area contributed by atoms with Crippen LogP contribution < -0.4 is 4.74 Å². The van der Waals surface area contributed by atoms with Crippen molar-refractivity contribution in [2.45, 2.75) is 13.5 Å². The Bertz CT molecular complexity index is 681. The molecule has 128 valence electrons. The van der Waals surface area contributed by atoms with Gasteiger partial charge >= 0.3 is 0 Å². The fourth-order valence-electron chi connectivity index (χ4n) is 2.63. The zero-order valence-corrected chi connectivity index (χ0v) is 14.4. The van der Waals surface area contributed by atoms with E-state index in [0.717, 1.165) is 30.3 Å². The van der Waals surface area contributed by atoms with E-state index in [0.29, 0.717) is 18.8 Å². The molecule has 1 saturated heterocycles. The van der Waals surface area contributed by atoms with Crippen molar-refractivity contribution in [2.24, 2.45) is 0 Å². The molecule has 1 aliphatic heterocycles. The number of halogens is 1. The molecule has 1 amide bonds. The summed E-state index contributed by atoms with van der Waals surface area (Å²) in [7, 11) is 0. The SMILES string of the molecule is Cc1nc(CN2CCN(C(=O)COc3ccc(F)cc3)CC2)cs1. The average Bonchev–Trinajstić information content (AvgIpc) is 2.99. The monoisotopic (exact) mass is 349 g/mol. The van der Waals surface area contributed by atoms with Gasteiger partial charge < -0.3 is 9.64 Å².